The highest BCUT2D eigenvalue weighted by molar-refractivity contribution is 6.26. The van der Waals surface area contributed by atoms with Gasteiger partial charge >= 0.3 is 17.9 Å². The van der Waals surface area contributed by atoms with E-state index in [0.29, 0.717) is 18.4 Å². The smallest absolute Gasteiger partial charge is 0.341 e. The highest BCUT2D eigenvalue weighted by Gasteiger charge is 2.43. The van der Waals surface area contributed by atoms with Crippen LogP contribution in [0.15, 0.2) is 42.1 Å². The van der Waals surface area contributed by atoms with Gasteiger partial charge in [0.25, 0.3) is 0 Å². The molecule has 0 aliphatic heterocycles. The minimum atomic E-state index is -1.02. The molecule has 0 radical (unpaired) electrons. The lowest BCUT2D eigenvalue weighted by Gasteiger charge is -2.33. The predicted molar refractivity (Wildman–Crippen MR) is 135 cm³/mol. The van der Waals surface area contributed by atoms with Crippen LogP contribution in [-0.2, 0) is 35.0 Å². The molecule has 1 aromatic carbocycles. The number of fused-ring (bicyclic) bond motifs is 3. The minimum Gasteiger partial charge on any atom is -0.463 e. The van der Waals surface area contributed by atoms with Crippen LogP contribution in [-0.4, -0.2) is 60.2 Å². The van der Waals surface area contributed by atoms with Crippen LogP contribution in [0.3, 0.4) is 0 Å². The SMILES string of the molecule is CCC(C)(CC(C)(C)C(=O)OCCOC(=O)C1=CCc2c(ccc3cccnc23)C1=O)C(=O)OCCO. The summed E-state index contributed by atoms with van der Waals surface area (Å²) in [5.41, 5.74) is -0.0906. The molecule has 1 aliphatic rings. The van der Waals surface area contributed by atoms with E-state index in [2.05, 4.69) is 4.98 Å². The number of carbonyl (C=O) groups is 4. The summed E-state index contributed by atoms with van der Waals surface area (Å²) < 4.78 is 15.6. The van der Waals surface area contributed by atoms with E-state index in [1.54, 1.807) is 39.1 Å². The van der Waals surface area contributed by atoms with Crippen molar-refractivity contribution in [3.63, 3.8) is 0 Å². The van der Waals surface area contributed by atoms with E-state index in [1.807, 2.05) is 19.1 Å². The quantitative estimate of drug-likeness (QED) is 0.209. The van der Waals surface area contributed by atoms with Gasteiger partial charge in [-0.3, -0.25) is 19.4 Å². The number of ether oxygens (including phenoxy) is 3. The van der Waals surface area contributed by atoms with Crippen LogP contribution in [0.5, 0.6) is 0 Å². The summed E-state index contributed by atoms with van der Waals surface area (Å²) in [4.78, 5) is 55.0. The summed E-state index contributed by atoms with van der Waals surface area (Å²) in [7, 11) is 0. The Morgan fingerprint density at radius 2 is 1.70 bits per heavy atom. The maximum atomic E-state index is 12.9. The Hall–Kier alpha value is -3.59. The van der Waals surface area contributed by atoms with Crippen molar-refractivity contribution >= 4 is 34.6 Å². The summed E-state index contributed by atoms with van der Waals surface area (Å²) in [5.74, 6) is -2.25. The summed E-state index contributed by atoms with van der Waals surface area (Å²) in [5, 5.41) is 9.82. The van der Waals surface area contributed by atoms with Gasteiger partial charge in [-0.15, -0.1) is 0 Å². The Balaban J connectivity index is 1.53. The van der Waals surface area contributed by atoms with Crippen molar-refractivity contribution in [2.24, 2.45) is 10.8 Å². The highest BCUT2D eigenvalue weighted by atomic mass is 16.6. The molecule has 0 saturated carbocycles. The van der Waals surface area contributed by atoms with E-state index >= 15 is 0 Å². The molecule has 1 unspecified atom stereocenters. The number of hydrogen-bond acceptors (Lipinski definition) is 9. The van der Waals surface area contributed by atoms with Crippen molar-refractivity contribution in [3.05, 3.63) is 53.2 Å². The molecule has 3 rings (SSSR count). The number of benzene rings is 1. The summed E-state index contributed by atoms with van der Waals surface area (Å²) in [6.07, 6.45) is 4.18. The third kappa shape index (κ3) is 6.22. The van der Waals surface area contributed by atoms with Crippen LogP contribution in [0.2, 0.25) is 0 Å². The molecule has 9 heteroatoms. The lowest BCUT2D eigenvalue weighted by atomic mass is 9.72. The first-order valence-electron chi connectivity index (χ1n) is 12.3. The van der Waals surface area contributed by atoms with Crippen molar-refractivity contribution in [1.82, 2.24) is 4.98 Å². The highest BCUT2D eigenvalue weighted by Crippen LogP contribution is 2.38. The molecule has 1 aliphatic carbocycles. The molecular weight excluding hydrogens is 478 g/mol. The molecule has 1 N–H and O–H groups in total. The fourth-order valence-corrected chi connectivity index (χ4v) is 4.49. The first-order chi connectivity index (χ1) is 17.5. The van der Waals surface area contributed by atoms with Crippen LogP contribution in [0, 0.1) is 10.8 Å². The predicted octanol–water partition coefficient (Wildman–Crippen LogP) is 3.35. The molecule has 198 valence electrons. The number of rotatable bonds is 11. The number of aliphatic hydroxyl groups excluding tert-OH is 1. The zero-order chi connectivity index (χ0) is 27.2. The van der Waals surface area contributed by atoms with Crippen LogP contribution in [0.4, 0.5) is 0 Å². The van der Waals surface area contributed by atoms with E-state index in [9.17, 15) is 19.2 Å². The van der Waals surface area contributed by atoms with E-state index in [-0.39, 0.29) is 38.4 Å². The Labute approximate surface area is 215 Å². The van der Waals surface area contributed by atoms with E-state index in [4.69, 9.17) is 19.3 Å². The second-order valence-corrected chi connectivity index (χ2v) is 9.92. The van der Waals surface area contributed by atoms with Crippen molar-refractivity contribution in [2.45, 2.75) is 47.0 Å². The largest absolute Gasteiger partial charge is 0.463 e. The average molecular weight is 512 g/mol. The second kappa shape index (κ2) is 11.6. The van der Waals surface area contributed by atoms with Gasteiger partial charge in [0.15, 0.2) is 5.78 Å². The van der Waals surface area contributed by atoms with Crippen molar-refractivity contribution in [3.8, 4) is 0 Å². The van der Waals surface area contributed by atoms with E-state index in [1.165, 1.54) is 6.08 Å². The molecule has 9 nitrogen and oxygen atoms in total. The molecule has 1 aromatic heterocycles. The second-order valence-electron chi connectivity index (χ2n) is 9.92. The van der Waals surface area contributed by atoms with Gasteiger partial charge in [-0.05, 0) is 57.7 Å². The molecule has 0 saturated heterocycles. The third-order valence-corrected chi connectivity index (χ3v) is 6.63. The van der Waals surface area contributed by atoms with Gasteiger partial charge in [-0.1, -0.05) is 25.1 Å². The van der Waals surface area contributed by atoms with Crippen LogP contribution in [0.25, 0.3) is 10.9 Å². The Morgan fingerprint density at radius 1 is 1.00 bits per heavy atom. The van der Waals surface area contributed by atoms with Crippen molar-refractivity contribution < 1.29 is 38.5 Å². The summed E-state index contributed by atoms with van der Waals surface area (Å²) in [6, 6.07) is 7.22. The van der Waals surface area contributed by atoms with Gasteiger partial charge in [0.05, 0.1) is 23.0 Å². The average Bonchev–Trinajstić information content (AvgIpc) is 2.89. The van der Waals surface area contributed by atoms with Gasteiger partial charge in [0.1, 0.15) is 25.4 Å². The number of carbonyl (C=O) groups excluding carboxylic acids is 4. The first kappa shape index (κ1) is 28.0. The lowest BCUT2D eigenvalue weighted by Crippen LogP contribution is -2.39. The number of aromatic nitrogens is 1. The van der Waals surface area contributed by atoms with Crippen LogP contribution in [0.1, 0.15) is 56.5 Å². The third-order valence-electron chi connectivity index (χ3n) is 6.63. The molecule has 0 amide bonds. The fraction of sp³-hybridized carbons (Fsp3) is 0.464. The molecular formula is C28H33NO8. The minimum absolute atomic E-state index is 0.0606. The van der Waals surface area contributed by atoms with E-state index in [0.717, 1.165) is 16.5 Å². The number of esters is 3. The van der Waals surface area contributed by atoms with Crippen LogP contribution >= 0.6 is 0 Å². The lowest BCUT2D eigenvalue weighted by molar-refractivity contribution is -0.165. The number of Topliss-reactive ketones (excluding diaryl/α,β-unsaturated/α-hetero) is 1. The van der Waals surface area contributed by atoms with Gasteiger partial charge in [-0.25, -0.2) is 4.79 Å². The van der Waals surface area contributed by atoms with Crippen molar-refractivity contribution in [2.75, 3.05) is 26.4 Å². The molecule has 1 heterocycles. The zero-order valence-electron chi connectivity index (χ0n) is 21.7. The maximum Gasteiger partial charge on any atom is 0.341 e. The standard InChI is InChI=1S/C28H33NO8/c1-5-28(4,26(34)36-14-13-30)17-27(2,3)25(33)37-16-15-35-24(32)21-11-10-19-20(23(21)31)9-8-18-7-6-12-29-22(18)19/h6-9,11-12,30H,5,10,13-17H2,1-4H3. The van der Waals surface area contributed by atoms with Gasteiger partial charge < -0.3 is 19.3 Å². The fourth-order valence-electron chi connectivity index (χ4n) is 4.49. The number of nitrogens with zero attached hydrogens (tertiary/aromatic N) is 1. The van der Waals surface area contributed by atoms with Gasteiger partial charge in [0, 0.05) is 17.1 Å². The zero-order valence-corrected chi connectivity index (χ0v) is 21.7. The molecule has 2 aromatic rings. The number of pyridine rings is 1. The van der Waals surface area contributed by atoms with Gasteiger partial charge in [-0.2, -0.15) is 0 Å². The number of hydrogen-bond donors (Lipinski definition) is 1. The number of ketones is 1. The summed E-state index contributed by atoms with van der Waals surface area (Å²) >= 11 is 0. The number of aliphatic hydroxyl groups is 1. The van der Waals surface area contributed by atoms with E-state index < -0.39 is 34.5 Å². The topological polar surface area (TPSA) is 129 Å². The Kier molecular flexibility index (Phi) is 8.81. The van der Waals surface area contributed by atoms with Gasteiger partial charge in [0.2, 0.25) is 0 Å². The Morgan fingerprint density at radius 3 is 2.41 bits per heavy atom. The van der Waals surface area contributed by atoms with Crippen molar-refractivity contribution in [1.29, 1.82) is 0 Å². The Bertz CT molecular complexity index is 1230. The number of allylic oxidation sites excluding steroid dienone is 1. The first-order valence-corrected chi connectivity index (χ1v) is 12.3. The van der Waals surface area contributed by atoms with Crippen LogP contribution < -0.4 is 0 Å². The maximum absolute atomic E-state index is 12.9. The molecule has 0 spiro atoms. The monoisotopic (exact) mass is 511 g/mol. The molecule has 1 atom stereocenters. The molecule has 0 bridgehead atoms. The molecule has 37 heavy (non-hydrogen) atoms. The normalized spacial score (nSPS) is 14.8. The molecule has 0 fully saturated rings. The summed E-state index contributed by atoms with van der Waals surface area (Å²) in [6.45, 7) is 6.04.